The fourth-order valence-electron chi connectivity index (χ4n) is 2.59. The van der Waals surface area contributed by atoms with Crippen LogP contribution in [0.15, 0.2) is 0 Å². The van der Waals surface area contributed by atoms with Crippen LogP contribution in [0.3, 0.4) is 0 Å². The normalized spacial score (nSPS) is 15.7. The molecule has 0 radical (unpaired) electrons. The van der Waals surface area contributed by atoms with Crippen LogP contribution in [0.25, 0.3) is 0 Å². The van der Waals surface area contributed by atoms with Crippen LogP contribution in [-0.4, -0.2) is 17.6 Å². The van der Waals surface area contributed by atoms with Crippen molar-refractivity contribution in [3.63, 3.8) is 0 Å². The lowest BCUT2D eigenvalue weighted by Crippen LogP contribution is -2.49. The quantitative estimate of drug-likeness (QED) is 0.424. The van der Waals surface area contributed by atoms with Gasteiger partial charge >= 0.3 is 0 Å². The summed E-state index contributed by atoms with van der Waals surface area (Å²) in [7, 11) is 1.82. The first-order valence-electron chi connectivity index (χ1n) is 7.73. The SMILES string of the molecule is CCCCC(Cl)(CCCC)C(C)(CCCC)OC. The second-order valence-corrected chi connectivity index (χ2v) is 6.43. The van der Waals surface area contributed by atoms with E-state index >= 15 is 0 Å². The summed E-state index contributed by atoms with van der Waals surface area (Å²) in [5.74, 6) is 0. The molecule has 18 heavy (non-hydrogen) atoms. The molecule has 0 saturated carbocycles. The highest BCUT2D eigenvalue weighted by Gasteiger charge is 2.45. The first-order valence-corrected chi connectivity index (χ1v) is 8.11. The molecule has 0 bridgehead atoms. The molecule has 0 fully saturated rings. The second kappa shape index (κ2) is 9.20. The average Bonchev–Trinajstić information content (AvgIpc) is 2.39. The van der Waals surface area contributed by atoms with Gasteiger partial charge in [0.15, 0.2) is 0 Å². The van der Waals surface area contributed by atoms with Gasteiger partial charge in [0.2, 0.25) is 0 Å². The molecule has 1 unspecified atom stereocenters. The van der Waals surface area contributed by atoms with E-state index in [4.69, 9.17) is 16.3 Å². The summed E-state index contributed by atoms with van der Waals surface area (Å²) in [6, 6.07) is 0. The van der Waals surface area contributed by atoms with Gasteiger partial charge < -0.3 is 4.74 Å². The summed E-state index contributed by atoms with van der Waals surface area (Å²) in [6.07, 6.45) is 10.4. The molecule has 1 nitrogen and oxygen atoms in total. The van der Waals surface area contributed by atoms with Gasteiger partial charge in [0.1, 0.15) is 0 Å². The lowest BCUT2D eigenvalue weighted by atomic mass is 9.77. The van der Waals surface area contributed by atoms with Crippen LogP contribution in [0, 0.1) is 0 Å². The maximum Gasteiger partial charge on any atom is 0.0841 e. The van der Waals surface area contributed by atoms with Gasteiger partial charge in [0.05, 0.1) is 10.5 Å². The zero-order valence-electron chi connectivity index (χ0n) is 13.2. The van der Waals surface area contributed by atoms with Gasteiger partial charge in [-0.05, 0) is 26.2 Å². The molecule has 0 aromatic carbocycles. The number of halogens is 1. The van der Waals surface area contributed by atoms with Gasteiger partial charge in [-0.15, -0.1) is 11.6 Å². The van der Waals surface area contributed by atoms with Crippen molar-refractivity contribution in [2.75, 3.05) is 7.11 Å². The summed E-state index contributed by atoms with van der Waals surface area (Å²) >= 11 is 7.01. The summed E-state index contributed by atoms with van der Waals surface area (Å²) in [6.45, 7) is 8.89. The standard InChI is InChI=1S/C16H33ClO/c1-6-9-12-15(4,18-5)16(17,13-10-7-2)14-11-8-3/h6-14H2,1-5H3. The Hall–Kier alpha value is 0.250. The van der Waals surface area contributed by atoms with Crippen LogP contribution < -0.4 is 0 Å². The minimum atomic E-state index is -0.192. The van der Waals surface area contributed by atoms with Gasteiger partial charge in [0, 0.05) is 7.11 Å². The van der Waals surface area contributed by atoms with E-state index in [0.717, 1.165) is 19.3 Å². The Morgan fingerprint density at radius 1 is 0.833 bits per heavy atom. The Balaban J connectivity index is 4.84. The van der Waals surface area contributed by atoms with Crippen molar-refractivity contribution in [2.45, 2.75) is 96.0 Å². The molecule has 1 atom stereocenters. The Labute approximate surface area is 120 Å². The van der Waals surface area contributed by atoms with Crippen molar-refractivity contribution >= 4 is 11.6 Å². The number of unbranched alkanes of at least 4 members (excludes halogenated alkanes) is 3. The van der Waals surface area contributed by atoms with Crippen molar-refractivity contribution in [3.8, 4) is 0 Å². The minimum absolute atomic E-state index is 0.186. The van der Waals surface area contributed by atoms with Crippen LogP contribution in [-0.2, 0) is 4.74 Å². The molecule has 0 aliphatic carbocycles. The number of hydrogen-bond donors (Lipinski definition) is 0. The molecule has 0 aromatic rings. The zero-order chi connectivity index (χ0) is 14.1. The third-order valence-corrected chi connectivity index (χ3v) is 5.04. The highest BCUT2D eigenvalue weighted by atomic mass is 35.5. The third kappa shape index (κ3) is 5.09. The molecule has 0 aliphatic heterocycles. The molecule has 0 amide bonds. The molecule has 2 heteroatoms. The molecule has 0 N–H and O–H groups in total. The maximum absolute atomic E-state index is 7.01. The number of rotatable bonds is 11. The van der Waals surface area contributed by atoms with E-state index in [1.165, 1.54) is 38.5 Å². The number of alkyl halides is 1. The average molecular weight is 277 g/mol. The highest BCUT2D eigenvalue weighted by molar-refractivity contribution is 6.24. The van der Waals surface area contributed by atoms with Crippen molar-refractivity contribution in [1.29, 1.82) is 0 Å². The predicted octanol–water partition coefficient (Wildman–Crippen LogP) is 5.94. The summed E-state index contributed by atoms with van der Waals surface area (Å²) < 4.78 is 5.87. The van der Waals surface area contributed by atoms with Crippen LogP contribution in [0.2, 0.25) is 0 Å². The van der Waals surface area contributed by atoms with E-state index in [1.807, 2.05) is 7.11 Å². The highest BCUT2D eigenvalue weighted by Crippen LogP contribution is 2.43. The lowest BCUT2D eigenvalue weighted by molar-refractivity contribution is -0.0449. The fraction of sp³-hybridized carbons (Fsp3) is 1.00. The number of methoxy groups -OCH3 is 1. The first kappa shape index (κ1) is 18.2. The summed E-state index contributed by atoms with van der Waals surface area (Å²) in [5.41, 5.74) is -0.186. The fourth-order valence-corrected chi connectivity index (χ4v) is 3.03. The Kier molecular flexibility index (Phi) is 9.33. The Morgan fingerprint density at radius 2 is 1.22 bits per heavy atom. The summed E-state index contributed by atoms with van der Waals surface area (Å²) in [4.78, 5) is -0.192. The maximum atomic E-state index is 7.01. The van der Waals surface area contributed by atoms with Crippen molar-refractivity contribution in [2.24, 2.45) is 0 Å². The van der Waals surface area contributed by atoms with Crippen molar-refractivity contribution in [3.05, 3.63) is 0 Å². The van der Waals surface area contributed by atoms with E-state index in [2.05, 4.69) is 27.7 Å². The van der Waals surface area contributed by atoms with Gasteiger partial charge in [-0.1, -0.05) is 59.3 Å². The molecule has 0 rings (SSSR count). The number of hydrogen-bond acceptors (Lipinski definition) is 1. The van der Waals surface area contributed by atoms with Gasteiger partial charge in [0.25, 0.3) is 0 Å². The zero-order valence-corrected chi connectivity index (χ0v) is 13.9. The Morgan fingerprint density at radius 3 is 1.56 bits per heavy atom. The van der Waals surface area contributed by atoms with E-state index < -0.39 is 0 Å². The molecular weight excluding hydrogens is 244 g/mol. The van der Waals surface area contributed by atoms with Crippen LogP contribution in [0.5, 0.6) is 0 Å². The van der Waals surface area contributed by atoms with Gasteiger partial charge in [-0.2, -0.15) is 0 Å². The summed E-state index contributed by atoms with van der Waals surface area (Å²) in [5, 5.41) is 0. The molecule has 0 spiro atoms. The first-order chi connectivity index (χ1) is 8.49. The number of ether oxygens (including phenoxy) is 1. The van der Waals surface area contributed by atoms with Gasteiger partial charge in [-0.3, -0.25) is 0 Å². The monoisotopic (exact) mass is 276 g/mol. The van der Waals surface area contributed by atoms with E-state index in [1.54, 1.807) is 0 Å². The largest absolute Gasteiger partial charge is 0.377 e. The second-order valence-electron chi connectivity index (χ2n) is 5.71. The van der Waals surface area contributed by atoms with Crippen LogP contribution in [0.4, 0.5) is 0 Å². The minimum Gasteiger partial charge on any atom is -0.377 e. The van der Waals surface area contributed by atoms with E-state index in [9.17, 15) is 0 Å². The van der Waals surface area contributed by atoms with Gasteiger partial charge in [-0.25, -0.2) is 0 Å². The molecule has 0 aliphatic rings. The van der Waals surface area contributed by atoms with Crippen molar-refractivity contribution in [1.82, 2.24) is 0 Å². The molecule has 0 aromatic heterocycles. The topological polar surface area (TPSA) is 9.23 Å². The third-order valence-electron chi connectivity index (χ3n) is 4.26. The molecule has 110 valence electrons. The smallest absolute Gasteiger partial charge is 0.0841 e. The van der Waals surface area contributed by atoms with Crippen LogP contribution >= 0.6 is 11.6 Å². The lowest BCUT2D eigenvalue weighted by Gasteiger charge is -2.44. The molecular formula is C16H33ClO. The molecule has 0 heterocycles. The Bertz CT molecular complexity index is 197. The predicted molar refractivity (Wildman–Crippen MR) is 82.6 cm³/mol. The van der Waals surface area contributed by atoms with E-state index in [0.29, 0.717) is 0 Å². The van der Waals surface area contributed by atoms with Crippen molar-refractivity contribution < 1.29 is 4.74 Å². The molecule has 0 saturated heterocycles. The van der Waals surface area contributed by atoms with E-state index in [-0.39, 0.29) is 10.5 Å². The van der Waals surface area contributed by atoms with Crippen LogP contribution in [0.1, 0.15) is 85.5 Å².